The molecule has 0 heterocycles. The first-order chi connectivity index (χ1) is 15.9. The van der Waals surface area contributed by atoms with Gasteiger partial charge in [0, 0.05) is 19.6 Å². The summed E-state index contributed by atoms with van der Waals surface area (Å²) in [7, 11) is -4.22. The molecule has 2 unspecified atom stereocenters. The summed E-state index contributed by atoms with van der Waals surface area (Å²) in [5.41, 5.74) is 5.24. The summed E-state index contributed by atoms with van der Waals surface area (Å²) in [6, 6.07) is 0. The number of hydrogen-bond acceptors (Lipinski definition) is 7. The van der Waals surface area contributed by atoms with Crippen LogP contribution in [0.25, 0.3) is 0 Å². The van der Waals surface area contributed by atoms with E-state index in [1.807, 2.05) is 0 Å². The molecule has 0 aliphatic heterocycles. The lowest BCUT2D eigenvalue weighted by molar-refractivity contribution is -0.154. The van der Waals surface area contributed by atoms with Crippen molar-refractivity contribution in [3.8, 4) is 0 Å². The molecule has 0 amide bonds. The van der Waals surface area contributed by atoms with Crippen LogP contribution in [-0.2, 0) is 27.9 Å². The van der Waals surface area contributed by atoms with Gasteiger partial charge in [0.15, 0.2) is 0 Å². The number of rotatable bonds is 24. The van der Waals surface area contributed by atoms with Crippen molar-refractivity contribution >= 4 is 13.8 Å². The Labute approximate surface area is 201 Å². The third-order valence-corrected chi connectivity index (χ3v) is 5.97. The van der Waals surface area contributed by atoms with E-state index in [9.17, 15) is 14.3 Å². The molecule has 9 heteroatoms. The smallest absolute Gasteiger partial charge is 0.457 e. The van der Waals surface area contributed by atoms with Crippen LogP contribution < -0.4 is 5.73 Å². The average Bonchev–Trinajstić information content (AvgIpc) is 2.80. The summed E-state index contributed by atoms with van der Waals surface area (Å²) < 4.78 is 32.1. The predicted octanol–water partition coefficient (Wildman–Crippen LogP) is 5.67. The highest BCUT2D eigenvalue weighted by Gasteiger charge is 2.24. The molecule has 0 aromatic rings. The van der Waals surface area contributed by atoms with E-state index in [0.717, 1.165) is 12.8 Å². The highest BCUT2D eigenvalue weighted by Crippen LogP contribution is 2.43. The molecule has 0 rings (SSSR count). The average molecular weight is 494 g/mol. The first kappa shape index (κ1) is 32.2. The third-order valence-electron chi connectivity index (χ3n) is 4.99. The van der Waals surface area contributed by atoms with E-state index in [4.69, 9.17) is 19.7 Å². The van der Waals surface area contributed by atoms with Gasteiger partial charge in [0.1, 0.15) is 6.10 Å². The Balaban J connectivity index is 3.79. The molecule has 0 aromatic heterocycles. The van der Waals surface area contributed by atoms with Crippen LogP contribution in [-0.4, -0.2) is 49.9 Å². The monoisotopic (exact) mass is 493 g/mol. The van der Waals surface area contributed by atoms with Crippen molar-refractivity contribution in [2.45, 2.75) is 103 Å². The minimum atomic E-state index is -4.22. The van der Waals surface area contributed by atoms with Gasteiger partial charge >= 0.3 is 13.8 Å². The zero-order valence-electron chi connectivity index (χ0n) is 20.9. The topological polar surface area (TPSA) is 117 Å². The number of phosphoric ester groups is 1. The van der Waals surface area contributed by atoms with Crippen LogP contribution in [0.15, 0.2) is 12.2 Å². The van der Waals surface area contributed by atoms with Gasteiger partial charge in [0.05, 0.1) is 19.8 Å². The van der Waals surface area contributed by atoms with Gasteiger partial charge in [-0.15, -0.1) is 0 Å². The van der Waals surface area contributed by atoms with E-state index in [2.05, 4.69) is 23.6 Å². The van der Waals surface area contributed by atoms with E-state index in [1.165, 1.54) is 64.2 Å². The van der Waals surface area contributed by atoms with Crippen molar-refractivity contribution in [3.05, 3.63) is 12.2 Å². The molecule has 33 heavy (non-hydrogen) atoms. The Morgan fingerprint density at radius 3 is 2.09 bits per heavy atom. The van der Waals surface area contributed by atoms with Crippen LogP contribution in [0.4, 0.5) is 0 Å². The second-order valence-electron chi connectivity index (χ2n) is 8.16. The molecule has 0 spiro atoms. The zero-order valence-corrected chi connectivity index (χ0v) is 21.8. The Kier molecular flexibility index (Phi) is 22.5. The van der Waals surface area contributed by atoms with Crippen molar-refractivity contribution < 1.29 is 32.8 Å². The number of phosphoric acid groups is 1. The fourth-order valence-corrected chi connectivity index (χ4v) is 3.85. The zero-order chi connectivity index (χ0) is 24.6. The molecule has 0 saturated heterocycles. The number of hydrogen-bond donors (Lipinski definition) is 2. The van der Waals surface area contributed by atoms with E-state index in [0.29, 0.717) is 6.61 Å². The summed E-state index contributed by atoms with van der Waals surface area (Å²) in [6.07, 6.45) is 18.7. The van der Waals surface area contributed by atoms with Gasteiger partial charge in [-0.1, -0.05) is 70.9 Å². The molecule has 0 radical (unpaired) electrons. The number of allylic oxidation sites excluding steroid dienone is 2. The predicted molar refractivity (Wildman–Crippen MR) is 132 cm³/mol. The van der Waals surface area contributed by atoms with Crippen molar-refractivity contribution in [3.63, 3.8) is 0 Å². The van der Waals surface area contributed by atoms with E-state index < -0.39 is 19.9 Å². The Hall–Kier alpha value is -0.760. The normalized spacial score (nSPS) is 14.4. The van der Waals surface area contributed by atoms with Crippen molar-refractivity contribution in [2.75, 3.05) is 33.0 Å². The number of nitrogens with two attached hydrogens (primary N) is 1. The summed E-state index contributed by atoms with van der Waals surface area (Å²) in [5, 5.41) is 0. The quantitative estimate of drug-likeness (QED) is 0.0764. The Bertz CT molecular complexity index is 531. The summed E-state index contributed by atoms with van der Waals surface area (Å²) in [5.74, 6) is -0.422. The highest BCUT2D eigenvalue weighted by atomic mass is 31.2. The van der Waals surface area contributed by atoms with Gasteiger partial charge in [0.2, 0.25) is 0 Å². The van der Waals surface area contributed by atoms with Crippen molar-refractivity contribution in [1.82, 2.24) is 0 Å². The Morgan fingerprint density at radius 1 is 0.879 bits per heavy atom. The molecular formula is C24H48NO7P. The summed E-state index contributed by atoms with van der Waals surface area (Å²) in [4.78, 5) is 21.1. The molecule has 0 fully saturated rings. The number of carbonyl (C=O) groups excluding carboxylic acids is 1. The molecule has 0 aliphatic rings. The summed E-state index contributed by atoms with van der Waals surface area (Å²) >= 11 is 0. The molecule has 2 atom stereocenters. The molecule has 0 saturated carbocycles. The van der Waals surface area contributed by atoms with Crippen LogP contribution >= 0.6 is 7.82 Å². The maximum atomic E-state index is 11.7. The largest absolute Gasteiger partial charge is 0.472 e. The SMILES string of the molecule is CCCCCC/C=C\CCCCCCCCOCC(COP(=O)(O)OCCN)OC(=O)CC. The lowest BCUT2D eigenvalue weighted by Crippen LogP contribution is -2.28. The summed E-state index contributed by atoms with van der Waals surface area (Å²) in [6.45, 7) is 4.28. The molecule has 0 aromatic carbocycles. The number of unbranched alkanes of at least 4 members (excludes halogenated alkanes) is 10. The van der Waals surface area contributed by atoms with Gasteiger partial charge in [-0.2, -0.15) is 0 Å². The van der Waals surface area contributed by atoms with Crippen molar-refractivity contribution in [2.24, 2.45) is 5.73 Å². The first-order valence-corrected chi connectivity index (χ1v) is 14.2. The van der Waals surface area contributed by atoms with E-state index >= 15 is 0 Å². The van der Waals surface area contributed by atoms with Crippen LogP contribution in [0.2, 0.25) is 0 Å². The van der Waals surface area contributed by atoms with Gasteiger partial charge < -0.3 is 20.1 Å². The maximum absolute atomic E-state index is 11.7. The van der Waals surface area contributed by atoms with Gasteiger partial charge in [-0.05, 0) is 32.1 Å². The van der Waals surface area contributed by atoms with Gasteiger partial charge in [0.25, 0.3) is 0 Å². The second kappa shape index (κ2) is 23.0. The fourth-order valence-electron chi connectivity index (χ4n) is 3.08. The van der Waals surface area contributed by atoms with Crippen LogP contribution in [0.1, 0.15) is 97.3 Å². The Morgan fingerprint density at radius 2 is 1.48 bits per heavy atom. The van der Waals surface area contributed by atoms with E-state index in [-0.39, 0.29) is 32.8 Å². The van der Waals surface area contributed by atoms with Crippen LogP contribution in [0.5, 0.6) is 0 Å². The van der Waals surface area contributed by atoms with Crippen LogP contribution in [0, 0.1) is 0 Å². The maximum Gasteiger partial charge on any atom is 0.472 e. The molecule has 8 nitrogen and oxygen atoms in total. The minimum Gasteiger partial charge on any atom is -0.457 e. The van der Waals surface area contributed by atoms with Crippen LogP contribution in [0.3, 0.4) is 0 Å². The van der Waals surface area contributed by atoms with Gasteiger partial charge in [-0.3, -0.25) is 13.8 Å². The standard InChI is InChI=1S/C24H48NO7P/c1-3-5-6-7-8-9-10-11-12-13-14-15-16-17-19-29-21-23(32-24(26)4-2)22-31-33(27,28)30-20-18-25/h9-10,23H,3-8,11-22,25H2,1-2H3,(H,27,28)/b10-9-. The lowest BCUT2D eigenvalue weighted by Gasteiger charge is -2.19. The molecule has 196 valence electrons. The fraction of sp³-hybridized carbons (Fsp3) is 0.875. The first-order valence-electron chi connectivity index (χ1n) is 12.7. The molecular weight excluding hydrogens is 445 g/mol. The van der Waals surface area contributed by atoms with Gasteiger partial charge in [-0.25, -0.2) is 4.57 Å². The molecule has 3 N–H and O–H groups in total. The molecule has 0 aliphatic carbocycles. The number of carbonyl (C=O) groups is 1. The highest BCUT2D eigenvalue weighted by molar-refractivity contribution is 7.47. The molecule has 0 bridgehead atoms. The number of esters is 1. The second-order valence-corrected chi connectivity index (χ2v) is 9.61. The third kappa shape index (κ3) is 22.8. The van der Waals surface area contributed by atoms with Crippen molar-refractivity contribution in [1.29, 1.82) is 0 Å². The minimum absolute atomic E-state index is 0.0977. The number of ether oxygens (including phenoxy) is 2. The lowest BCUT2D eigenvalue weighted by atomic mass is 10.1. The van der Waals surface area contributed by atoms with E-state index in [1.54, 1.807) is 6.92 Å².